The van der Waals surface area contributed by atoms with E-state index in [0.717, 1.165) is 57.8 Å². The number of amides is 1. The average Bonchev–Trinajstić information content (AvgIpc) is 3.14. The molecule has 0 bridgehead atoms. The van der Waals surface area contributed by atoms with Gasteiger partial charge < -0.3 is 40.3 Å². The number of aliphatic hydroxyl groups excluding tert-OH is 5. The molecule has 9 heteroatoms. The van der Waals surface area contributed by atoms with Gasteiger partial charge in [0, 0.05) is 6.42 Å². The Morgan fingerprint density at radius 2 is 1.19 bits per heavy atom. The van der Waals surface area contributed by atoms with Crippen LogP contribution in [0.25, 0.3) is 0 Å². The van der Waals surface area contributed by atoms with Crippen LogP contribution in [0.2, 0.25) is 0 Å². The maximum Gasteiger partial charge on any atom is 0.220 e. The highest BCUT2D eigenvalue weighted by Crippen LogP contribution is 2.22. The van der Waals surface area contributed by atoms with E-state index in [9.17, 15) is 30.3 Å². The van der Waals surface area contributed by atoms with Gasteiger partial charge in [0.05, 0.1) is 25.4 Å². The molecule has 0 spiro atoms. The van der Waals surface area contributed by atoms with Gasteiger partial charge >= 0.3 is 0 Å². The Kier molecular flexibility index (Phi) is 31.2. The first-order valence-electron chi connectivity index (χ1n) is 20.9. The number of rotatable bonds is 33. The van der Waals surface area contributed by atoms with Gasteiger partial charge in [0.15, 0.2) is 6.29 Å². The van der Waals surface area contributed by atoms with E-state index >= 15 is 0 Å². The molecule has 0 aliphatic carbocycles. The van der Waals surface area contributed by atoms with Gasteiger partial charge in [-0.3, -0.25) is 4.79 Å². The second kappa shape index (κ2) is 33.7. The molecule has 0 aromatic rings. The minimum absolute atomic E-state index is 0.201. The molecule has 1 amide bonds. The van der Waals surface area contributed by atoms with Crippen molar-refractivity contribution in [1.82, 2.24) is 5.32 Å². The van der Waals surface area contributed by atoms with E-state index in [1.54, 1.807) is 6.08 Å². The Morgan fingerprint density at radius 1 is 0.673 bits per heavy atom. The predicted octanol–water partition coefficient (Wildman–Crippen LogP) is 7.89. The Balaban J connectivity index is 2.44. The third-order valence-electron chi connectivity index (χ3n) is 9.66. The van der Waals surface area contributed by atoms with E-state index in [1.165, 1.54) is 77.0 Å². The number of unbranched alkanes of at least 4 members (excludes halogenated alkanes) is 17. The summed E-state index contributed by atoms with van der Waals surface area (Å²) in [5.41, 5.74) is 0. The lowest BCUT2D eigenvalue weighted by Gasteiger charge is -2.40. The van der Waals surface area contributed by atoms with Crippen molar-refractivity contribution in [3.8, 4) is 0 Å². The molecule has 9 nitrogen and oxygen atoms in total. The Bertz CT molecular complexity index is 951. The van der Waals surface area contributed by atoms with Crippen LogP contribution >= 0.6 is 0 Å². The molecule has 1 heterocycles. The minimum Gasteiger partial charge on any atom is -0.394 e. The molecule has 0 radical (unpaired) electrons. The third-order valence-corrected chi connectivity index (χ3v) is 9.66. The molecule has 52 heavy (non-hydrogen) atoms. The van der Waals surface area contributed by atoms with Crippen LogP contribution in [0.3, 0.4) is 0 Å². The fraction of sp³-hybridized carbons (Fsp3) is 0.791. The zero-order chi connectivity index (χ0) is 38.1. The minimum atomic E-state index is -1.57. The summed E-state index contributed by atoms with van der Waals surface area (Å²) in [6.07, 6.45) is 34.4. The van der Waals surface area contributed by atoms with Crippen LogP contribution in [0.15, 0.2) is 48.6 Å². The van der Waals surface area contributed by atoms with Gasteiger partial charge in [-0.2, -0.15) is 0 Å². The molecule has 1 aliphatic heterocycles. The van der Waals surface area contributed by atoms with Gasteiger partial charge in [0.25, 0.3) is 0 Å². The number of carbonyl (C=O) groups is 1. The average molecular weight is 736 g/mol. The van der Waals surface area contributed by atoms with Gasteiger partial charge in [-0.25, -0.2) is 0 Å². The van der Waals surface area contributed by atoms with E-state index in [4.69, 9.17) is 9.47 Å². The molecular weight excluding hydrogens is 658 g/mol. The largest absolute Gasteiger partial charge is 0.394 e. The molecule has 7 atom stereocenters. The van der Waals surface area contributed by atoms with Crippen LogP contribution in [-0.2, 0) is 14.3 Å². The monoisotopic (exact) mass is 736 g/mol. The van der Waals surface area contributed by atoms with Crippen LogP contribution in [0, 0.1) is 0 Å². The van der Waals surface area contributed by atoms with Crippen LogP contribution in [0.1, 0.15) is 162 Å². The summed E-state index contributed by atoms with van der Waals surface area (Å²) < 4.78 is 11.2. The lowest BCUT2D eigenvalue weighted by molar-refractivity contribution is -0.302. The summed E-state index contributed by atoms with van der Waals surface area (Å²) in [5, 5.41) is 54.0. The number of hydrogen-bond donors (Lipinski definition) is 6. The first-order valence-corrected chi connectivity index (χ1v) is 20.9. The summed E-state index contributed by atoms with van der Waals surface area (Å²) in [6, 6.07) is -0.819. The molecule has 7 unspecified atom stereocenters. The number of carbonyl (C=O) groups excluding carboxylic acids is 1. The molecule has 1 fully saturated rings. The lowest BCUT2D eigenvalue weighted by atomic mass is 9.99. The first kappa shape index (κ1) is 48.2. The molecule has 0 aromatic carbocycles. The Morgan fingerprint density at radius 3 is 1.77 bits per heavy atom. The van der Waals surface area contributed by atoms with Crippen molar-refractivity contribution in [3.63, 3.8) is 0 Å². The maximum absolute atomic E-state index is 12.9. The molecular formula is C43H77NO8. The summed E-state index contributed by atoms with van der Waals surface area (Å²) in [6.45, 7) is 3.62. The maximum atomic E-state index is 12.9. The highest BCUT2D eigenvalue weighted by Gasteiger charge is 2.44. The standard InChI is InChI=1S/C43H77NO8/c1-3-5-7-9-11-13-15-17-18-19-21-22-24-26-28-30-32-37(46)36(35-51-43-42(50)41(49)40(48)38(34-45)52-43)44-39(47)33-31-29-27-25-23-20-16-14-12-10-8-6-4-2/h6,8,12,14,20,23,30,32,36-38,40-43,45-46,48-50H,3-5,7,9-11,13,15-19,21-22,24-29,31,33-35H2,1-2H3,(H,44,47)/b8-6-,14-12-,23-20-,32-30+. The highest BCUT2D eigenvalue weighted by atomic mass is 16.7. The fourth-order valence-corrected chi connectivity index (χ4v) is 6.29. The van der Waals surface area contributed by atoms with Gasteiger partial charge in [0.2, 0.25) is 5.91 Å². The molecule has 1 aliphatic rings. The van der Waals surface area contributed by atoms with Gasteiger partial charge in [-0.1, -0.05) is 152 Å². The second-order valence-corrected chi connectivity index (χ2v) is 14.4. The van der Waals surface area contributed by atoms with Crippen molar-refractivity contribution in [3.05, 3.63) is 48.6 Å². The number of hydrogen-bond acceptors (Lipinski definition) is 8. The van der Waals surface area contributed by atoms with Gasteiger partial charge in [-0.15, -0.1) is 0 Å². The summed E-state index contributed by atoms with van der Waals surface area (Å²) in [5.74, 6) is -0.209. The molecule has 0 aromatic heterocycles. The molecule has 6 N–H and O–H groups in total. The van der Waals surface area contributed by atoms with Crippen LogP contribution in [0.4, 0.5) is 0 Å². The smallest absolute Gasteiger partial charge is 0.220 e. The number of aliphatic hydroxyl groups is 5. The zero-order valence-corrected chi connectivity index (χ0v) is 32.8. The summed E-state index contributed by atoms with van der Waals surface area (Å²) in [4.78, 5) is 12.9. The zero-order valence-electron chi connectivity index (χ0n) is 32.8. The fourth-order valence-electron chi connectivity index (χ4n) is 6.29. The van der Waals surface area contributed by atoms with Crippen molar-refractivity contribution in [2.45, 2.75) is 204 Å². The van der Waals surface area contributed by atoms with Crippen molar-refractivity contribution >= 4 is 5.91 Å². The quantitative estimate of drug-likeness (QED) is 0.0295. The van der Waals surface area contributed by atoms with E-state index in [0.29, 0.717) is 12.8 Å². The molecule has 0 saturated carbocycles. The normalized spacial score (nSPS) is 22.3. The van der Waals surface area contributed by atoms with E-state index in [1.807, 2.05) is 6.08 Å². The number of allylic oxidation sites excluding steroid dienone is 7. The van der Waals surface area contributed by atoms with E-state index in [2.05, 4.69) is 55.6 Å². The Labute approximate surface area is 316 Å². The number of nitrogens with one attached hydrogen (secondary N) is 1. The van der Waals surface area contributed by atoms with Crippen molar-refractivity contribution in [2.75, 3.05) is 13.2 Å². The van der Waals surface area contributed by atoms with Crippen LogP contribution < -0.4 is 5.32 Å². The molecule has 302 valence electrons. The predicted molar refractivity (Wildman–Crippen MR) is 212 cm³/mol. The number of ether oxygens (including phenoxy) is 2. The van der Waals surface area contributed by atoms with Gasteiger partial charge in [-0.05, 0) is 51.4 Å². The van der Waals surface area contributed by atoms with Crippen molar-refractivity contribution in [2.24, 2.45) is 0 Å². The SMILES string of the molecule is CC/C=C\C/C=C\C/C=C\CCCCCC(=O)NC(COC1OC(CO)C(O)C(O)C1O)C(O)/C=C/CCCCCCCCCCCCCCCC. The van der Waals surface area contributed by atoms with E-state index < -0.39 is 49.5 Å². The first-order chi connectivity index (χ1) is 25.3. The highest BCUT2D eigenvalue weighted by molar-refractivity contribution is 5.76. The third kappa shape index (κ3) is 24.5. The topological polar surface area (TPSA) is 149 Å². The van der Waals surface area contributed by atoms with E-state index in [-0.39, 0.29) is 12.5 Å². The molecule has 1 rings (SSSR count). The Hall–Kier alpha value is -1.85. The summed E-state index contributed by atoms with van der Waals surface area (Å²) >= 11 is 0. The second-order valence-electron chi connectivity index (χ2n) is 14.4. The lowest BCUT2D eigenvalue weighted by Crippen LogP contribution is -2.60. The van der Waals surface area contributed by atoms with Crippen LogP contribution in [0.5, 0.6) is 0 Å². The summed E-state index contributed by atoms with van der Waals surface area (Å²) in [7, 11) is 0. The van der Waals surface area contributed by atoms with Gasteiger partial charge in [0.1, 0.15) is 24.4 Å². The van der Waals surface area contributed by atoms with Crippen molar-refractivity contribution in [1.29, 1.82) is 0 Å². The van der Waals surface area contributed by atoms with Crippen molar-refractivity contribution < 1.29 is 39.8 Å². The molecule has 1 saturated heterocycles. The van der Waals surface area contributed by atoms with Crippen LogP contribution in [-0.4, -0.2) is 87.5 Å².